The Kier molecular flexibility index (Phi) is 7.86. The zero-order valence-corrected chi connectivity index (χ0v) is 18.0. The zero-order valence-electron chi connectivity index (χ0n) is 16.5. The number of hydrogen-bond acceptors (Lipinski definition) is 4. The number of hydrogen-bond donors (Lipinski definition) is 1. The van der Waals surface area contributed by atoms with Crippen molar-refractivity contribution < 1.29 is 9.47 Å². The van der Waals surface area contributed by atoms with Gasteiger partial charge in [-0.3, -0.25) is 4.90 Å². The van der Waals surface area contributed by atoms with Crippen LogP contribution in [0.5, 0.6) is 11.5 Å². The second kappa shape index (κ2) is 10.4. The van der Waals surface area contributed by atoms with Gasteiger partial charge in [0.15, 0.2) is 11.5 Å². The first kappa shape index (κ1) is 21.3. The molecule has 1 fully saturated rings. The number of para-hydroxylation sites is 1. The van der Waals surface area contributed by atoms with E-state index < -0.39 is 0 Å². The van der Waals surface area contributed by atoms with Crippen molar-refractivity contribution in [1.82, 2.24) is 10.2 Å². The van der Waals surface area contributed by atoms with Crippen LogP contribution in [0.2, 0.25) is 10.0 Å². The predicted molar refractivity (Wildman–Crippen MR) is 116 cm³/mol. The standard InChI is InChI=1S/C22H28Cl2N2O2/c1-3-26-11-5-7-18(26)14-25-13-17-6-4-8-21(27-2)22(17)28-15-16-9-10-19(23)20(24)12-16/h4,6,8-10,12,18,25H,3,5,7,11,13-15H2,1-2H3. The first-order valence-corrected chi connectivity index (χ1v) is 10.5. The van der Waals surface area contributed by atoms with Crippen LogP contribution in [0.1, 0.15) is 30.9 Å². The first-order chi connectivity index (χ1) is 13.6. The summed E-state index contributed by atoms with van der Waals surface area (Å²) in [5.74, 6) is 1.50. The summed E-state index contributed by atoms with van der Waals surface area (Å²) in [5.41, 5.74) is 2.05. The zero-order chi connectivity index (χ0) is 19.9. The number of nitrogens with zero attached hydrogens (tertiary/aromatic N) is 1. The second-order valence-electron chi connectivity index (χ2n) is 7.04. The Hall–Kier alpha value is -1.46. The van der Waals surface area contributed by atoms with Crippen molar-refractivity contribution in [3.05, 3.63) is 57.6 Å². The van der Waals surface area contributed by atoms with Gasteiger partial charge < -0.3 is 14.8 Å². The molecular formula is C22H28Cl2N2O2. The third-order valence-corrected chi connectivity index (χ3v) is 5.99. The minimum atomic E-state index is 0.399. The molecule has 4 nitrogen and oxygen atoms in total. The molecule has 1 heterocycles. The summed E-state index contributed by atoms with van der Waals surface area (Å²) in [5, 5.41) is 4.67. The van der Waals surface area contributed by atoms with Crippen LogP contribution in [0.15, 0.2) is 36.4 Å². The largest absolute Gasteiger partial charge is 0.493 e. The van der Waals surface area contributed by atoms with E-state index in [1.165, 1.54) is 19.4 Å². The van der Waals surface area contributed by atoms with Gasteiger partial charge in [-0.2, -0.15) is 0 Å². The second-order valence-corrected chi connectivity index (χ2v) is 7.86. The fraction of sp³-hybridized carbons (Fsp3) is 0.455. The van der Waals surface area contributed by atoms with E-state index in [1.54, 1.807) is 13.2 Å². The topological polar surface area (TPSA) is 33.7 Å². The van der Waals surface area contributed by atoms with Crippen LogP contribution in [0.25, 0.3) is 0 Å². The molecule has 28 heavy (non-hydrogen) atoms. The fourth-order valence-electron chi connectivity index (χ4n) is 3.73. The molecule has 0 saturated carbocycles. The maximum absolute atomic E-state index is 6.13. The smallest absolute Gasteiger partial charge is 0.166 e. The Bertz CT molecular complexity index is 785. The Morgan fingerprint density at radius 2 is 2.04 bits per heavy atom. The molecule has 1 saturated heterocycles. The number of nitrogens with one attached hydrogen (secondary N) is 1. The van der Waals surface area contributed by atoms with Crippen LogP contribution in [0.3, 0.4) is 0 Å². The molecule has 152 valence electrons. The first-order valence-electron chi connectivity index (χ1n) is 9.79. The molecule has 1 N–H and O–H groups in total. The van der Waals surface area contributed by atoms with Gasteiger partial charge in [0.25, 0.3) is 0 Å². The normalized spacial score (nSPS) is 17.1. The van der Waals surface area contributed by atoms with Crippen LogP contribution in [0, 0.1) is 0 Å². The third-order valence-electron chi connectivity index (χ3n) is 5.25. The molecule has 0 spiro atoms. The van der Waals surface area contributed by atoms with E-state index in [0.717, 1.165) is 42.3 Å². The van der Waals surface area contributed by atoms with Crippen LogP contribution in [-0.2, 0) is 13.2 Å². The summed E-state index contributed by atoms with van der Waals surface area (Å²) < 4.78 is 11.7. The Morgan fingerprint density at radius 1 is 1.18 bits per heavy atom. The van der Waals surface area contributed by atoms with Crippen molar-refractivity contribution in [2.45, 2.75) is 39.0 Å². The summed E-state index contributed by atoms with van der Waals surface area (Å²) in [7, 11) is 1.66. The molecule has 3 rings (SSSR count). The minimum absolute atomic E-state index is 0.399. The highest BCUT2D eigenvalue weighted by Crippen LogP contribution is 2.32. The molecule has 0 aromatic heterocycles. The number of ether oxygens (including phenoxy) is 2. The molecule has 1 aliphatic rings. The van der Waals surface area contributed by atoms with Crippen LogP contribution >= 0.6 is 23.2 Å². The average Bonchev–Trinajstić information content (AvgIpc) is 3.16. The number of likely N-dealkylation sites (N-methyl/N-ethyl adjacent to an activating group) is 1. The van der Waals surface area contributed by atoms with Crippen molar-refractivity contribution >= 4 is 23.2 Å². The lowest BCUT2D eigenvalue weighted by atomic mass is 10.1. The molecule has 1 unspecified atom stereocenters. The highest BCUT2D eigenvalue weighted by atomic mass is 35.5. The maximum atomic E-state index is 6.13. The van der Waals surface area contributed by atoms with Crippen molar-refractivity contribution in [2.24, 2.45) is 0 Å². The van der Waals surface area contributed by atoms with E-state index in [2.05, 4.69) is 23.2 Å². The number of rotatable bonds is 9. The van der Waals surface area contributed by atoms with Crippen molar-refractivity contribution in [3.63, 3.8) is 0 Å². The molecule has 1 atom stereocenters. The molecule has 6 heteroatoms. The quantitative estimate of drug-likeness (QED) is 0.605. The maximum Gasteiger partial charge on any atom is 0.166 e. The Labute approximate surface area is 177 Å². The van der Waals surface area contributed by atoms with E-state index in [1.807, 2.05) is 24.3 Å². The molecule has 2 aromatic rings. The van der Waals surface area contributed by atoms with Gasteiger partial charge >= 0.3 is 0 Å². The Morgan fingerprint density at radius 3 is 2.79 bits per heavy atom. The van der Waals surface area contributed by atoms with Crippen LogP contribution in [0.4, 0.5) is 0 Å². The number of halogens is 2. The Balaban J connectivity index is 1.65. The lowest BCUT2D eigenvalue weighted by Crippen LogP contribution is -2.37. The summed E-state index contributed by atoms with van der Waals surface area (Å²) in [4.78, 5) is 2.54. The highest BCUT2D eigenvalue weighted by Gasteiger charge is 2.22. The van der Waals surface area contributed by atoms with Gasteiger partial charge in [-0.05, 0) is 49.7 Å². The van der Waals surface area contributed by atoms with Crippen molar-refractivity contribution in [3.8, 4) is 11.5 Å². The lowest BCUT2D eigenvalue weighted by Gasteiger charge is -2.23. The molecule has 0 bridgehead atoms. The summed E-state index contributed by atoms with van der Waals surface area (Å²) in [6.07, 6.45) is 2.55. The minimum Gasteiger partial charge on any atom is -0.493 e. The van der Waals surface area contributed by atoms with Gasteiger partial charge in [-0.1, -0.05) is 48.3 Å². The molecule has 1 aliphatic heterocycles. The van der Waals surface area contributed by atoms with Gasteiger partial charge in [0.2, 0.25) is 0 Å². The molecular weight excluding hydrogens is 395 g/mol. The van der Waals surface area contributed by atoms with E-state index in [9.17, 15) is 0 Å². The van der Waals surface area contributed by atoms with E-state index in [0.29, 0.717) is 22.7 Å². The van der Waals surface area contributed by atoms with Gasteiger partial charge in [-0.25, -0.2) is 0 Å². The van der Waals surface area contributed by atoms with Gasteiger partial charge in [0, 0.05) is 24.7 Å². The molecule has 0 amide bonds. The van der Waals surface area contributed by atoms with Gasteiger partial charge in [0.05, 0.1) is 17.2 Å². The fourth-order valence-corrected chi connectivity index (χ4v) is 4.05. The van der Waals surface area contributed by atoms with E-state index >= 15 is 0 Å². The number of likely N-dealkylation sites (tertiary alicyclic amines) is 1. The average molecular weight is 423 g/mol. The van der Waals surface area contributed by atoms with Crippen LogP contribution in [-0.4, -0.2) is 37.7 Å². The summed E-state index contributed by atoms with van der Waals surface area (Å²) in [6, 6.07) is 12.1. The molecule has 0 aliphatic carbocycles. The molecule has 0 radical (unpaired) electrons. The van der Waals surface area contributed by atoms with Gasteiger partial charge in [0.1, 0.15) is 6.61 Å². The number of benzene rings is 2. The number of methoxy groups -OCH3 is 1. The summed E-state index contributed by atoms with van der Waals surface area (Å²) >= 11 is 12.1. The van der Waals surface area contributed by atoms with E-state index in [-0.39, 0.29) is 0 Å². The highest BCUT2D eigenvalue weighted by molar-refractivity contribution is 6.42. The van der Waals surface area contributed by atoms with Crippen molar-refractivity contribution in [2.75, 3.05) is 26.7 Å². The third kappa shape index (κ3) is 5.32. The van der Waals surface area contributed by atoms with E-state index in [4.69, 9.17) is 32.7 Å². The summed E-state index contributed by atoms with van der Waals surface area (Å²) in [6.45, 7) is 6.68. The SMILES string of the molecule is CCN1CCCC1CNCc1cccc(OC)c1OCc1ccc(Cl)c(Cl)c1. The monoisotopic (exact) mass is 422 g/mol. The molecule has 2 aromatic carbocycles. The lowest BCUT2D eigenvalue weighted by molar-refractivity contribution is 0.258. The van der Waals surface area contributed by atoms with Crippen LogP contribution < -0.4 is 14.8 Å². The van der Waals surface area contributed by atoms with Crippen molar-refractivity contribution in [1.29, 1.82) is 0 Å². The van der Waals surface area contributed by atoms with Gasteiger partial charge in [-0.15, -0.1) is 0 Å². The predicted octanol–water partition coefficient (Wildman–Crippen LogP) is 5.15.